The Bertz CT molecular complexity index is 23.7. The van der Waals surface area contributed by atoms with E-state index in [4.69, 9.17) is 10.5 Å². The fraction of sp³-hybridized carbons (Fsp3) is 1.00. The maximum absolute atomic E-state index is 6.58. The number of hydrogen-bond donors (Lipinski definition) is 0. The fourth-order valence-corrected chi connectivity index (χ4v) is 0.217. The summed E-state index contributed by atoms with van der Waals surface area (Å²) in [6.45, 7) is 3.62. The van der Waals surface area contributed by atoms with Crippen molar-refractivity contribution in [2.24, 2.45) is 0 Å². The van der Waals surface area contributed by atoms with Crippen LogP contribution in [0.4, 0.5) is 0 Å². The van der Waals surface area contributed by atoms with E-state index in [0.29, 0.717) is 13.2 Å². The van der Waals surface area contributed by atoms with Gasteiger partial charge in [-0.25, -0.2) is 0 Å². The van der Waals surface area contributed by atoms with Crippen LogP contribution in [0.2, 0.25) is 0 Å². The molecule has 1 N–H and O–H groups in total. The molecule has 3 heteroatoms. The standard InChI is InChI=1S/C4H10NO.V/c1-2-6-4-3-5;/h5H,2-4H2,1H3;/q-1;. The first-order valence-electron chi connectivity index (χ1n) is 2.14. The Hall–Kier alpha value is 0.504. The average molecular weight is 139 g/mol. The molecule has 2 nitrogen and oxygen atoms in total. The van der Waals surface area contributed by atoms with Gasteiger partial charge in [0, 0.05) is 31.8 Å². The maximum atomic E-state index is 6.58. The second-order valence-corrected chi connectivity index (χ2v) is 0.947. The van der Waals surface area contributed by atoms with Crippen LogP contribution in [-0.2, 0) is 23.3 Å². The molecule has 0 fully saturated rings. The van der Waals surface area contributed by atoms with Gasteiger partial charge in [0.15, 0.2) is 0 Å². The molecule has 0 atom stereocenters. The predicted molar refractivity (Wildman–Crippen MR) is 25.7 cm³/mol. The largest absolute Gasteiger partial charge is 0.676 e. The summed E-state index contributed by atoms with van der Waals surface area (Å²) >= 11 is 0. The van der Waals surface area contributed by atoms with Gasteiger partial charge in [0.25, 0.3) is 0 Å². The van der Waals surface area contributed by atoms with Crippen molar-refractivity contribution >= 4 is 0 Å². The Morgan fingerprint density at radius 1 is 1.57 bits per heavy atom. The van der Waals surface area contributed by atoms with Crippen LogP contribution in [0, 0.1) is 0 Å². The van der Waals surface area contributed by atoms with Crippen LogP contribution in [0.15, 0.2) is 0 Å². The van der Waals surface area contributed by atoms with Gasteiger partial charge in [0.2, 0.25) is 0 Å². The zero-order valence-corrected chi connectivity index (χ0v) is 5.87. The topological polar surface area (TPSA) is 33.0 Å². The molecule has 0 unspecified atom stereocenters. The first-order chi connectivity index (χ1) is 2.91. The monoisotopic (exact) mass is 139 g/mol. The maximum Gasteiger partial charge on any atom is 0.0436 e. The summed E-state index contributed by atoms with van der Waals surface area (Å²) < 4.78 is 4.80. The first-order valence-corrected chi connectivity index (χ1v) is 2.14. The smallest absolute Gasteiger partial charge is 0.0436 e. The van der Waals surface area contributed by atoms with Crippen molar-refractivity contribution in [3.8, 4) is 0 Å². The molecule has 0 rings (SSSR count). The van der Waals surface area contributed by atoms with Gasteiger partial charge in [-0.15, -0.1) is 6.54 Å². The van der Waals surface area contributed by atoms with E-state index in [1.807, 2.05) is 6.92 Å². The number of ether oxygens (including phenoxy) is 1. The molecule has 0 aliphatic carbocycles. The molecule has 0 saturated heterocycles. The quantitative estimate of drug-likeness (QED) is 0.538. The van der Waals surface area contributed by atoms with Crippen LogP contribution in [0.1, 0.15) is 6.92 Å². The van der Waals surface area contributed by atoms with Gasteiger partial charge >= 0.3 is 0 Å². The zero-order valence-electron chi connectivity index (χ0n) is 4.48. The zero-order chi connectivity index (χ0) is 4.83. The molecule has 0 aromatic carbocycles. The molecule has 0 bridgehead atoms. The minimum absolute atomic E-state index is 0. The van der Waals surface area contributed by atoms with Crippen molar-refractivity contribution in [2.45, 2.75) is 6.92 Å². The molecule has 0 aliphatic heterocycles. The molecule has 7 heavy (non-hydrogen) atoms. The molecular weight excluding hydrogens is 129 g/mol. The van der Waals surface area contributed by atoms with Gasteiger partial charge in [0.05, 0.1) is 0 Å². The Balaban J connectivity index is 0. The molecule has 43 valence electrons. The molecule has 0 heterocycles. The number of rotatable bonds is 3. The molecule has 0 spiro atoms. The molecular formula is C4H10NOV-. The van der Waals surface area contributed by atoms with Crippen molar-refractivity contribution in [3.63, 3.8) is 0 Å². The minimum atomic E-state index is 0. The minimum Gasteiger partial charge on any atom is -0.676 e. The van der Waals surface area contributed by atoms with Gasteiger partial charge in [-0.2, -0.15) is 0 Å². The predicted octanol–water partition coefficient (Wildman–Crippen LogP) is 1.07. The van der Waals surface area contributed by atoms with Crippen LogP contribution in [0.3, 0.4) is 0 Å². The van der Waals surface area contributed by atoms with E-state index in [1.165, 1.54) is 0 Å². The third-order valence-corrected chi connectivity index (χ3v) is 0.451. The van der Waals surface area contributed by atoms with Crippen molar-refractivity contribution in [2.75, 3.05) is 19.8 Å². The van der Waals surface area contributed by atoms with Gasteiger partial charge in [-0.1, -0.05) is 0 Å². The van der Waals surface area contributed by atoms with Crippen molar-refractivity contribution in [1.29, 1.82) is 0 Å². The van der Waals surface area contributed by atoms with Crippen LogP contribution in [0.25, 0.3) is 5.73 Å². The molecule has 0 aromatic heterocycles. The van der Waals surface area contributed by atoms with Crippen LogP contribution in [0.5, 0.6) is 0 Å². The second kappa shape index (κ2) is 9.71. The van der Waals surface area contributed by atoms with Gasteiger partial charge < -0.3 is 10.5 Å². The third kappa shape index (κ3) is 10.7. The Labute approximate surface area is 56.3 Å². The summed E-state index contributed by atoms with van der Waals surface area (Å²) in [7, 11) is 0. The van der Waals surface area contributed by atoms with E-state index in [9.17, 15) is 0 Å². The van der Waals surface area contributed by atoms with E-state index >= 15 is 0 Å². The summed E-state index contributed by atoms with van der Waals surface area (Å²) in [5, 5.41) is 0. The molecule has 0 amide bonds. The molecule has 1 radical (unpaired) electrons. The Morgan fingerprint density at radius 2 is 2.14 bits per heavy atom. The SMILES string of the molecule is CCOCC[NH-].[V]. The Morgan fingerprint density at radius 3 is 2.29 bits per heavy atom. The van der Waals surface area contributed by atoms with E-state index in [-0.39, 0.29) is 18.6 Å². The van der Waals surface area contributed by atoms with Crippen molar-refractivity contribution in [3.05, 3.63) is 5.73 Å². The number of hydrogen-bond acceptors (Lipinski definition) is 1. The van der Waals surface area contributed by atoms with Crippen LogP contribution in [-0.4, -0.2) is 19.8 Å². The normalized spacial score (nSPS) is 7.71. The van der Waals surface area contributed by atoms with E-state index in [2.05, 4.69) is 0 Å². The van der Waals surface area contributed by atoms with Crippen molar-refractivity contribution in [1.82, 2.24) is 0 Å². The van der Waals surface area contributed by atoms with Crippen molar-refractivity contribution < 1.29 is 23.3 Å². The number of nitrogens with one attached hydrogen (secondary N) is 1. The van der Waals surface area contributed by atoms with Crippen LogP contribution >= 0.6 is 0 Å². The summed E-state index contributed by atoms with van der Waals surface area (Å²) in [6.07, 6.45) is 0. The fourth-order valence-electron chi connectivity index (χ4n) is 0.217. The van der Waals surface area contributed by atoms with Gasteiger partial charge in [-0.05, 0) is 6.92 Å². The molecule has 0 aromatic rings. The average Bonchev–Trinajstić information content (AvgIpc) is 1.61. The van der Waals surface area contributed by atoms with E-state index in [1.54, 1.807) is 0 Å². The molecule has 0 aliphatic rings. The Kier molecular flexibility index (Phi) is 14.5. The van der Waals surface area contributed by atoms with Gasteiger partial charge in [-0.3, -0.25) is 0 Å². The van der Waals surface area contributed by atoms with Gasteiger partial charge in [0.1, 0.15) is 0 Å². The summed E-state index contributed by atoms with van der Waals surface area (Å²) in [5.74, 6) is 0. The molecule has 0 saturated carbocycles. The summed E-state index contributed by atoms with van der Waals surface area (Å²) in [5.41, 5.74) is 6.58. The summed E-state index contributed by atoms with van der Waals surface area (Å²) in [4.78, 5) is 0. The first kappa shape index (κ1) is 10.5. The summed E-state index contributed by atoms with van der Waals surface area (Å²) in [6, 6.07) is 0. The van der Waals surface area contributed by atoms with E-state index in [0.717, 1.165) is 6.61 Å². The third-order valence-electron chi connectivity index (χ3n) is 0.451. The van der Waals surface area contributed by atoms with E-state index < -0.39 is 0 Å². The van der Waals surface area contributed by atoms with Crippen LogP contribution < -0.4 is 0 Å². The second-order valence-electron chi connectivity index (χ2n) is 0.947.